The molecule has 6 heteroatoms. The van der Waals surface area contributed by atoms with E-state index in [1.165, 1.54) is 29.2 Å². The third-order valence-corrected chi connectivity index (χ3v) is 5.17. The fraction of sp³-hybridized carbons (Fsp3) is 0.174. The molecule has 2 aromatic rings. The lowest BCUT2D eigenvalue weighted by Crippen LogP contribution is -3.10. The van der Waals surface area contributed by atoms with E-state index in [1.807, 2.05) is 19.2 Å². The second-order valence-electron chi connectivity index (χ2n) is 7.37. The van der Waals surface area contributed by atoms with Crippen molar-refractivity contribution in [2.24, 2.45) is 5.73 Å². The van der Waals surface area contributed by atoms with Crippen molar-refractivity contribution in [3.05, 3.63) is 99.7 Å². The average Bonchev–Trinajstić information content (AvgIpc) is 2.67. The largest absolute Gasteiger partial charge is 0.440 e. The van der Waals surface area contributed by atoms with Gasteiger partial charge in [0.15, 0.2) is 0 Å². The first kappa shape index (κ1) is 18.9. The van der Waals surface area contributed by atoms with Crippen LogP contribution >= 0.6 is 0 Å². The van der Waals surface area contributed by atoms with Crippen molar-refractivity contribution in [3.8, 4) is 6.07 Å². The summed E-state index contributed by atoms with van der Waals surface area (Å²) in [5.41, 5.74) is 9.45. The highest BCUT2D eigenvalue weighted by atomic mass is 19.1. The van der Waals surface area contributed by atoms with Crippen LogP contribution in [0, 0.1) is 23.0 Å². The molecule has 2 heterocycles. The monoisotopic (exact) mass is 392 g/mol. The molecule has 4 nitrogen and oxygen atoms in total. The molecule has 3 N–H and O–H groups in total. The number of quaternary nitrogens is 1. The summed E-state index contributed by atoms with van der Waals surface area (Å²) < 4.78 is 33.4. The van der Waals surface area contributed by atoms with Gasteiger partial charge in [0.1, 0.15) is 42.1 Å². The Bertz CT molecular complexity index is 1110. The van der Waals surface area contributed by atoms with Crippen LogP contribution in [0.1, 0.15) is 17.0 Å². The summed E-state index contributed by atoms with van der Waals surface area (Å²) >= 11 is 0. The predicted molar refractivity (Wildman–Crippen MR) is 105 cm³/mol. The Balaban J connectivity index is 1.88. The van der Waals surface area contributed by atoms with Crippen LogP contribution in [0.3, 0.4) is 0 Å². The van der Waals surface area contributed by atoms with Gasteiger partial charge in [-0.1, -0.05) is 24.3 Å². The van der Waals surface area contributed by atoms with E-state index in [-0.39, 0.29) is 23.1 Å². The van der Waals surface area contributed by atoms with Crippen molar-refractivity contribution < 1.29 is 18.4 Å². The van der Waals surface area contributed by atoms with E-state index in [0.29, 0.717) is 30.0 Å². The standard InChI is InChI=1S/C23H19F2N3O/c1-28-12-16(8-14-4-2-6-17(24)9-14)22-20(13-28)21(19(11-26)23(27)29-22)15-5-3-7-18(25)10-15/h2-10,21H,12-13,27H2,1H3/p+1/t21-/m0/s1. The second kappa shape index (κ2) is 7.53. The van der Waals surface area contributed by atoms with Crippen LogP contribution in [-0.2, 0) is 4.74 Å². The van der Waals surface area contributed by atoms with Gasteiger partial charge in [-0.25, -0.2) is 8.78 Å². The minimum absolute atomic E-state index is 0.0187. The van der Waals surface area contributed by atoms with Crippen molar-refractivity contribution in [2.45, 2.75) is 5.92 Å². The van der Waals surface area contributed by atoms with Crippen LogP contribution in [0.4, 0.5) is 8.78 Å². The topological polar surface area (TPSA) is 63.5 Å². The highest BCUT2D eigenvalue weighted by molar-refractivity contribution is 5.62. The van der Waals surface area contributed by atoms with Gasteiger partial charge < -0.3 is 15.4 Å². The molecule has 0 saturated heterocycles. The van der Waals surface area contributed by atoms with Gasteiger partial charge >= 0.3 is 0 Å². The first-order valence-corrected chi connectivity index (χ1v) is 9.30. The summed E-state index contributed by atoms with van der Waals surface area (Å²) in [4.78, 5) is 1.18. The molecule has 4 rings (SSSR count). The lowest BCUT2D eigenvalue weighted by molar-refractivity contribution is -0.871. The number of ether oxygens (including phenoxy) is 1. The molecule has 0 bridgehead atoms. The molecule has 0 saturated carbocycles. The highest BCUT2D eigenvalue weighted by Crippen LogP contribution is 2.41. The zero-order chi connectivity index (χ0) is 20.5. The minimum atomic E-state index is -0.481. The number of allylic oxidation sites excluding steroid dienone is 1. The molecule has 0 radical (unpaired) electrons. The van der Waals surface area contributed by atoms with E-state index in [1.54, 1.807) is 18.2 Å². The fourth-order valence-electron chi connectivity index (χ4n) is 4.01. The van der Waals surface area contributed by atoms with Gasteiger partial charge in [-0.15, -0.1) is 0 Å². The Morgan fingerprint density at radius 2 is 1.86 bits per heavy atom. The molecule has 0 aromatic heterocycles. The average molecular weight is 392 g/mol. The fourth-order valence-corrected chi connectivity index (χ4v) is 4.01. The van der Waals surface area contributed by atoms with Crippen LogP contribution in [0.2, 0.25) is 0 Å². The quantitative estimate of drug-likeness (QED) is 0.826. The lowest BCUT2D eigenvalue weighted by Gasteiger charge is -2.35. The van der Waals surface area contributed by atoms with E-state index in [4.69, 9.17) is 10.5 Å². The zero-order valence-electron chi connectivity index (χ0n) is 15.9. The molecule has 2 aromatic carbocycles. The Labute approximate surface area is 167 Å². The summed E-state index contributed by atoms with van der Waals surface area (Å²) in [5.74, 6) is -0.570. The molecule has 0 spiro atoms. The van der Waals surface area contributed by atoms with E-state index >= 15 is 0 Å². The maximum atomic E-state index is 13.9. The minimum Gasteiger partial charge on any atom is -0.440 e. The molecule has 146 valence electrons. The van der Waals surface area contributed by atoms with Crippen molar-refractivity contribution in [1.82, 2.24) is 0 Å². The molecule has 2 aliphatic rings. The number of hydrogen-bond acceptors (Lipinski definition) is 3. The van der Waals surface area contributed by atoms with Crippen LogP contribution in [0.25, 0.3) is 6.08 Å². The normalized spacial score (nSPS) is 22.9. The Morgan fingerprint density at radius 3 is 2.55 bits per heavy atom. The van der Waals surface area contributed by atoms with Crippen LogP contribution in [0.15, 0.2) is 76.9 Å². The van der Waals surface area contributed by atoms with E-state index in [2.05, 4.69) is 6.07 Å². The smallest absolute Gasteiger partial charge is 0.205 e. The summed E-state index contributed by atoms with van der Waals surface area (Å²) in [6.07, 6.45) is 1.87. The van der Waals surface area contributed by atoms with E-state index in [9.17, 15) is 14.0 Å². The Morgan fingerprint density at radius 1 is 1.14 bits per heavy atom. The maximum Gasteiger partial charge on any atom is 0.205 e. The van der Waals surface area contributed by atoms with Gasteiger partial charge in [0.25, 0.3) is 0 Å². The predicted octanol–water partition coefficient (Wildman–Crippen LogP) is 2.64. The highest BCUT2D eigenvalue weighted by Gasteiger charge is 2.38. The first-order valence-electron chi connectivity index (χ1n) is 9.30. The number of halogens is 2. The molecule has 0 amide bonds. The van der Waals surface area contributed by atoms with Gasteiger partial charge in [0.2, 0.25) is 5.88 Å². The van der Waals surface area contributed by atoms with E-state index in [0.717, 1.165) is 11.1 Å². The Kier molecular flexibility index (Phi) is 4.91. The number of hydrogen-bond donors (Lipinski definition) is 2. The summed E-state index contributed by atoms with van der Waals surface area (Å²) in [5, 5.41) is 9.70. The van der Waals surface area contributed by atoms with Crippen molar-refractivity contribution in [2.75, 3.05) is 20.1 Å². The second-order valence-corrected chi connectivity index (χ2v) is 7.37. The van der Waals surface area contributed by atoms with Gasteiger partial charge in [-0.3, -0.25) is 0 Å². The summed E-state index contributed by atoms with van der Waals surface area (Å²) in [6, 6.07) is 14.6. The van der Waals surface area contributed by atoms with Gasteiger partial charge in [0.05, 0.1) is 13.0 Å². The van der Waals surface area contributed by atoms with Crippen molar-refractivity contribution >= 4 is 6.08 Å². The third-order valence-electron chi connectivity index (χ3n) is 5.17. The molecule has 2 atom stereocenters. The number of nitrogens with zero attached hydrogens (tertiary/aromatic N) is 1. The Hall–Kier alpha value is -3.43. The zero-order valence-corrected chi connectivity index (χ0v) is 15.9. The maximum absolute atomic E-state index is 13.9. The number of nitrogens with one attached hydrogen (secondary N) is 1. The SMILES string of the molecule is C[NH+]1CC(=Cc2cccc(F)c2)C2=C(C1)[C@@H](c1cccc(F)c1)C(C#N)=C(N)O2. The molecular formula is C23H20F2N3O+. The number of likely N-dealkylation sites (N-methyl/N-ethyl adjacent to an activating group) is 1. The third kappa shape index (κ3) is 3.65. The summed E-state index contributed by atoms with van der Waals surface area (Å²) in [6.45, 7) is 1.27. The van der Waals surface area contributed by atoms with Crippen LogP contribution in [-0.4, -0.2) is 20.1 Å². The van der Waals surface area contributed by atoms with Crippen LogP contribution in [0.5, 0.6) is 0 Å². The summed E-state index contributed by atoms with van der Waals surface area (Å²) in [7, 11) is 2.03. The van der Waals surface area contributed by atoms with Gasteiger partial charge in [0, 0.05) is 11.1 Å². The first-order chi connectivity index (χ1) is 14.0. The number of nitrogens with two attached hydrogens (primary N) is 1. The molecule has 0 fully saturated rings. The van der Waals surface area contributed by atoms with E-state index < -0.39 is 5.92 Å². The number of benzene rings is 2. The molecule has 29 heavy (non-hydrogen) atoms. The number of nitriles is 1. The van der Waals surface area contributed by atoms with Crippen molar-refractivity contribution in [1.29, 1.82) is 5.26 Å². The van der Waals surface area contributed by atoms with Crippen LogP contribution < -0.4 is 10.6 Å². The lowest BCUT2D eigenvalue weighted by atomic mass is 9.80. The molecule has 2 aliphatic heterocycles. The molecule has 1 unspecified atom stereocenters. The van der Waals surface area contributed by atoms with Gasteiger partial charge in [-0.05, 0) is 41.5 Å². The molecule has 0 aliphatic carbocycles. The molecular weight excluding hydrogens is 372 g/mol. The number of rotatable bonds is 2. The van der Waals surface area contributed by atoms with Crippen molar-refractivity contribution in [3.63, 3.8) is 0 Å². The van der Waals surface area contributed by atoms with Gasteiger partial charge in [-0.2, -0.15) is 5.26 Å².